The zero-order valence-corrected chi connectivity index (χ0v) is 15.9. The fourth-order valence-corrected chi connectivity index (χ4v) is 3.37. The van der Waals surface area contributed by atoms with Crippen LogP contribution in [0, 0.1) is 0 Å². The topological polar surface area (TPSA) is 75.2 Å². The summed E-state index contributed by atoms with van der Waals surface area (Å²) in [6, 6.07) is 0.612. The summed E-state index contributed by atoms with van der Waals surface area (Å²) in [5, 5.41) is 3.84. The van der Waals surface area contributed by atoms with Gasteiger partial charge in [0.2, 0.25) is 0 Å². The highest BCUT2D eigenvalue weighted by Crippen LogP contribution is 2.25. The lowest BCUT2D eigenvalue weighted by atomic mass is 10.1. The van der Waals surface area contributed by atoms with Gasteiger partial charge in [0.05, 0.1) is 25.1 Å². The number of nitrogens with zero attached hydrogens (tertiary/aromatic N) is 3. The zero-order chi connectivity index (χ0) is 18.2. The standard InChI is InChI=1S/C12H20N4OS.C5H8FN/c1-18-12-3-14-10-4-16(5-11(10)15-12)9-2-8(13)6-17-7-9;1-3-5(6)4-7-2/h3,8-9,12,15H,2,4-7,13H2,1H3;3-4H,1-2H3/b;5-3+,7-4?. The fraction of sp³-hybridized carbons (Fsp3) is 0.647. The van der Waals surface area contributed by atoms with E-state index in [1.54, 1.807) is 18.7 Å². The van der Waals surface area contributed by atoms with Gasteiger partial charge in [-0.2, -0.15) is 0 Å². The van der Waals surface area contributed by atoms with Crippen LogP contribution in [0.5, 0.6) is 0 Å². The molecular weight excluding hydrogens is 341 g/mol. The second-order valence-corrected chi connectivity index (χ2v) is 7.14. The molecule has 3 heterocycles. The Kier molecular flexibility index (Phi) is 8.08. The number of thioether (sulfide) groups is 1. The quantitative estimate of drug-likeness (QED) is 0.739. The molecule has 3 unspecified atom stereocenters. The van der Waals surface area contributed by atoms with Gasteiger partial charge in [0.15, 0.2) is 0 Å². The average Bonchev–Trinajstić information content (AvgIpc) is 3.05. The summed E-state index contributed by atoms with van der Waals surface area (Å²) in [7, 11) is 1.53. The highest BCUT2D eigenvalue weighted by Gasteiger charge is 2.32. The van der Waals surface area contributed by atoms with Crippen LogP contribution >= 0.6 is 11.8 Å². The van der Waals surface area contributed by atoms with E-state index in [0.717, 1.165) is 26.1 Å². The molecule has 0 aromatic rings. The third kappa shape index (κ3) is 5.91. The SMILES string of the molecule is C/C=C(/F)C=NC.CSC1C=NC2=C(CN(C3COCC(N)C3)C2)N1. The van der Waals surface area contributed by atoms with E-state index >= 15 is 0 Å². The molecule has 8 heteroatoms. The molecule has 0 aliphatic carbocycles. The normalized spacial score (nSPS) is 30.1. The first-order valence-corrected chi connectivity index (χ1v) is 9.73. The molecule has 0 spiro atoms. The third-order valence-electron chi connectivity index (χ3n) is 4.26. The van der Waals surface area contributed by atoms with Gasteiger partial charge >= 0.3 is 0 Å². The van der Waals surface area contributed by atoms with E-state index in [0.29, 0.717) is 18.0 Å². The van der Waals surface area contributed by atoms with Crippen molar-refractivity contribution in [1.82, 2.24) is 10.2 Å². The Morgan fingerprint density at radius 2 is 2.32 bits per heavy atom. The van der Waals surface area contributed by atoms with E-state index in [4.69, 9.17) is 10.5 Å². The number of nitrogens with two attached hydrogens (primary N) is 1. The molecule has 3 aliphatic rings. The van der Waals surface area contributed by atoms with E-state index in [-0.39, 0.29) is 11.9 Å². The van der Waals surface area contributed by atoms with Crippen molar-refractivity contribution in [1.29, 1.82) is 0 Å². The Labute approximate surface area is 153 Å². The Bertz CT molecular complexity index is 563. The molecule has 0 aromatic heterocycles. The molecule has 3 aliphatic heterocycles. The van der Waals surface area contributed by atoms with Crippen molar-refractivity contribution in [2.24, 2.45) is 15.7 Å². The van der Waals surface area contributed by atoms with Crippen LogP contribution in [0.25, 0.3) is 0 Å². The highest BCUT2D eigenvalue weighted by molar-refractivity contribution is 7.99. The monoisotopic (exact) mass is 369 g/mol. The lowest BCUT2D eigenvalue weighted by Crippen LogP contribution is -2.47. The van der Waals surface area contributed by atoms with Gasteiger partial charge in [-0.05, 0) is 19.6 Å². The predicted octanol–water partition coefficient (Wildman–Crippen LogP) is 1.55. The van der Waals surface area contributed by atoms with Gasteiger partial charge in [0.1, 0.15) is 11.2 Å². The van der Waals surface area contributed by atoms with Crippen LogP contribution in [0.15, 0.2) is 33.3 Å². The first-order valence-electron chi connectivity index (χ1n) is 8.44. The van der Waals surface area contributed by atoms with Gasteiger partial charge in [0, 0.05) is 44.1 Å². The Balaban J connectivity index is 0.000000277. The number of nitrogens with one attached hydrogen (secondary N) is 1. The lowest BCUT2D eigenvalue weighted by Gasteiger charge is -2.33. The molecule has 3 N–H and O–H groups in total. The van der Waals surface area contributed by atoms with Gasteiger partial charge in [-0.1, -0.05) is 6.08 Å². The summed E-state index contributed by atoms with van der Waals surface area (Å²) in [4.78, 5) is 10.4. The maximum atomic E-state index is 11.8. The molecule has 6 nitrogen and oxygen atoms in total. The van der Waals surface area contributed by atoms with Gasteiger partial charge in [0.25, 0.3) is 0 Å². The molecule has 3 rings (SSSR count). The molecule has 0 radical (unpaired) electrons. The average molecular weight is 370 g/mol. The zero-order valence-electron chi connectivity index (χ0n) is 15.1. The molecule has 25 heavy (non-hydrogen) atoms. The van der Waals surface area contributed by atoms with E-state index in [9.17, 15) is 4.39 Å². The van der Waals surface area contributed by atoms with E-state index in [1.807, 2.05) is 6.21 Å². The Hall–Kier alpha value is -1.22. The number of rotatable bonds is 3. The van der Waals surface area contributed by atoms with Crippen molar-refractivity contribution in [2.45, 2.75) is 30.8 Å². The Morgan fingerprint density at radius 1 is 1.52 bits per heavy atom. The van der Waals surface area contributed by atoms with Crippen LogP contribution in [0.1, 0.15) is 13.3 Å². The predicted molar refractivity (Wildman–Crippen MR) is 104 cm³/mol. The van der Waals surface area contributed by atoms with Gasteiger partial charge in [-0.3, -0.25) is 14.9 Å². The van der Waals surface area contributed by atoms with Crippen molar-refractivity contribution in [3.8, 4) is 0 Å². The highest BCUT2D eigenvalue weighted by atomic mass is 32.2. The van der Waals surface area contributed by atoms with E-state index in [2.05, 4.69) is 26.5 Å². The van der Waals surface area contributed by atoms with Crippen molar-refractivity contribution < 1.29 is 9.13 Å². The summed E-state index contributed by atoms with van der Waals surface area (Å²) in [6.45, 7) is 4.98. The van der Waals surface area contributed by atoms with Crippen molar-refractivity contribution in [3.63, 3.8) is 0 Å². The minimum atomic E-state index is -0.289. The molecule has 0 bridgehead atoms. The minimum absolute atomic E-state index is 0.178. The second kappa shape index (κ2) is 10.1. The summed E-state index contributed by atoms with van der Waals surface area (Å²) in [5.41, 5.74) is 8.42. The molecule has 3 atom stereocenters. The minimum Gasteiger partial charge on any atom is -0.378 e. The summed E-state index contributed by atoms with van der Waals surface area (Å²) < 4.78 is 17.4. The van der Waals surface area contributed by atoms with Crippen LogP contribution in [-0.2, 0) is 4.74 Å². The first-order chi connectivity index (χ1) is 12.1. The maximum absolute atomic E-state index is 11.8. The number of hydrogen-bond donors (Lipinski definition) is 2. The lowest BCUT2D eigenvalue weighted by molar-refractivity contribution is 0.0161. The molecule has 0 saturated carbocycles. The van der Waals surface area contributed by atoms with Crippen molar-refractivity contribution in [3.05, 3.63) is 23.3 Å². The second-order valence-electron chi connectivity index (χ2n) is 6.16. The van der Waals surface area contributed by atoms with Crippen molar-refractivity contribution in [2.75, 3.05) is 39.6 Å². The number of halogens is 1. The van der Waals surface area contributed by atoms with Gasteiger partial charge in [-0.15, -0.1) is 11.8 Å². The first kappa shape index (κ1) is 20.1. The van der Waals surface area contributed by atoms with Gasteiger partial charge in [-0.25, -0.2) is 4.39 Å². The largest absolute Gasteiger partial charge is 0.378 e. The third-order valence-corrected chi connectivity index (χ3v) is 5.01. The number of ether oxygens (including phenoxy) is 1. The van der Waals surface area contributed by atoms with Crippen LogP contribution < -0.4 is 11.1 Å². The van der Waals surface area contributed by atoms with Crippen LogP contribution in [-0.4, -0.2) is 74.4 Å². The molecule has 140 valence electrons. The van der Waals surface area contributed by atoms with Crippen LogP contribution in [0.2, 0.25) is 0 Å². The van der Waals surface area contributed by atoms with Crippen molar-refractivity contribution >= 4 is 24.2 Å². The molecule has 0 amide bonds. The number of allylic oxidation sites excluding steroid dienone is 2. The summed E-state index contributed by atoms with van der Waals surface area (Å²) in [6.07, 6.45) is 7.63. The molecule has 1 saturated heterocycles. The molecular formula is C17H28FN5OS. The van der Waals surface area contributed by atoms with E-state index in [1.165, 1.54) is 30.7 Å². The number of aliphatic imine (C=N–C) groups is 2. The summed E-state index contributed by atoms with van der Waals surface area (Å²) >= 11 is 1.77. The maximum Gasteiger partial charge on any atom is 0.136 e. The van der Waals surface area contributed by atoms with Gasteiger partial charge < -0.3 is 15.8 Å². The molecule has 0 aromatic carbocycles. The number of hydrogen-bond acceptors (Lipinski definition) is 7. The fourth-order valence-electron chi connectivity index (χ4n) is 2.92. The van der Waals surface area contributed by atoms with Crippen LogP contribution in [0.3, 0.4) is 0 Å². The summed E-state index contributed by atoms with van der Waals surface area (Å²) in [5.74, 6) is -0.289. The van der Waals surface area contributed by atoms with Crippen LogP contribution in [0.4, 0.5) is 4.39 Å². The molecule has 1 fully saturated rings. The smallest absolute Gasteiger partial charge is 0.136 e. The Morgan fingerprint density at radius 3 is 2.92 bits per heavy atom. The van der Waals surface area contributed by atoms with E-state index < -0.39 is 0 Å².